The molecule has 0 atom stereocenters. The third-order valence-corrected chi connectivity index (χ3v) is 1.45. The van der Waals surface area contributed by atoms with E-state index < -0.39 is 0 Å². The molecule has 0 aliphatic carbocycles. The summed E-state index contributed by atoms with van der Waals surface area (Å²) in [6, 6.07) is 2.12. The third-order valence-electron chi connectivity index (χ3n) is 1.45. The fourth-order valence-corrected chi connectivity index (χ4v) is 0.806. The average Bonchev–Trinajstić information content (AvgIpc) is 2.03. The summed E-state index contributed by atoms with van der Waals surface area (Å²) in [4.78, 5) is 0. The van der Waals surface area contributed by atoms with Crippen LogP contribution in [0.2, 0.25) is 0 Å². The minimum absolute atomic E-state index is 0.679. The topological polar surface area (TPSA) is 61.8 Å². The van der Waals surface area contributed by atoms with Gasteiger partial charge in [-0.1, -0.05) is 0 Å². The van der Waals surface area contributed by atoms with E-state index in [9.17, 15) is 0 Å². The Hall–Kier alpha value is -0.590. The molecule has 0 heterocycles. The molecular weight excluding hydrogens is 138 g/mol. The molecule has 0 saturated carbocycles. The maximum atomic E-state index is 8.22. The van der Waals surface area contributed by atoms with Gasteiger partial charge in [0.25, 0.3) is 0 Å². The van der Waals surface area contributed by atoms with E-state index in [-0.39, 0.29) is 0 Å². The first kappa shape index (κ1) is 10.4. The fourth-order valence-electron chi connectivity index (χ4n) is 0.806. The van der Waals surface area contributed by atoms with Gasteiger partial charge in [-0.25, -0.2) is 0 Å². The highest BCUT2D eigenvalue weighted by molar-refractivity contribution is 4.68. The van der Waals surface area contributed by atoms with Gasteiger partial charge in [0.15, 0.2) is 0 Å². The molecule has 0 spiro atoms. The largest absolute Gasteiger partial charge is 0.330 e. The number of nitrogens with zero attached hydrogens (tertiary/aromatic N) is 1. The van der Waals surface area contributed by atoms with E-state index in [0.717, 1.165) is 38.9 Å². The average molecular weight is 155 g/mol. The van der Waals surface area contributed by atoms with Gasteiger partial charge in [0.05, 0.1) is 6.07 Å². The Morgan fingerprint density at radius 2 is 1.91 bits per heavy atom. The van der Waals surface area contributed by atoms with Crippen LogP contribution in [0.5, 0.6) is 0 Å². The zero-order chi connectivity index (χ0) is 8.36. The molecular formula is C8H17N3. The maximum Gasteiger partial charge on any atom is 0.0621 e. The van der Waals surface area contributed by atoms with Crippen LogP contribution in [0.1, 0.15) is 25.7 Å². The van der Waals surface area contributed by atoms with Crippen molar-refractivity contribution in [3.63, 3.8) is 0 Å². The van der Waals surface area contributed by atoms with Gasteiger partial charge in [-0.15, -0.1) is 0 Å². The monoisotopic (exact) mass is 155 g/mol. The summed E-state index contributed by atoms with van der Waals surface area (Å²) in [6.07, 6.45) is 3.82. The summed E-state index contributed by atoms with van der Waals surface area (Å²) in [5.41, 5.74) is 5.31. The van der Waals surface area contributed by atoms with Gasteiger partial charge in [0.1, 0.15) is 0 Å². The van der Waals surface area contributed by atoms with Crippen molar-refractivity contribution in [2.24, 2.45) is 5.73 Å². The smallest absolute Gasteiger partial charge is 0.0621 e. The third kappa shape index (κ3) is 9.41. The minimum Gasteiger partial charge on any atom is -0.330 e. The van der Waals surface area contributed by atoms with Crippen LogP contribution in [0.15, 0.2) is 0 Å². The summed E-state index contributed by atoms with van der Waals surface area (Å²) in [5, 5.41) is 11.5. The molecule has 3 heteroatoms. The molecule has 0 aliphatic rings. The van der Waals surface area contributed by atoms with Gasteiger partial charge < -0.3 is 11.1 Å². The molecule has 0 rings (SSSR count). The zero-order valence-electron chi connectivity index (χ0n) is 6.97. The van der Waals surface area contributed by atoms with Crippen LogP contribution in [0.25, 0.3) is 0 Å². The van der Waals surface area contributed by atoms with Crippen molar-refractivity contribution < 1.29 is 0 Å². The summed E-state index contributed by atoms with van der Waals surface area (Å²) >= 11 is 0. The van der Waals surface area contributed by atoms with E-state index in [1.54, 1.807) is 0 Å². The van der Waals surface area contributed by atoms with E-state index in [1.165, 1.54) is 0 Å². The molecule has 0 saturated heterocycles. The van der Waals surface area contributed by atoms with Crippen LogP contribution in [-0.4, -0.2) is 19.6 Å². The van der Waals surface area contributed by atoms with E-state index in [1.807, 2.05) is 0 Å². The van der Waals surface area contributed by atoms with E-state index in [2.05, 4.69) is 11.4 Å². The van der Waals surface area contributed by atoms with Crippen LogP contribution >= 0.6 is 0 Å². The lowest BCUT2D eigenvalue weighted by Crippen LogP contribution is -2.19. The molecule has 11 heavy (non-hydrogen) atoms. The van der Waals surface area contributed by atoms with Crippen molar-refractivity contribution in [3.05, 3.63) is 0 Å². The van der Waals surface area contributed by atoms with Crippen LogP contribution in [-0.2, 0) is 0 Å². The van der Waals surface area contributed by atoms with Crippen LogP contribution in [0.4, 0.5) is 0 Å². The lowest BCUT2D eigenvalue weighted by atomic mass is 10.2. The van der Waals surface area contributed by atoms with Crippen molar-refractivity contribution in [1.29, 1.82) is 5.26 Å². The summed E-state index contributed by atoms with van der Waals surface area (Å²) < 4.78 is 0. The second kappa shape index (κ2) is 9.41. The maximum absolute atomic E-state index is 8.22. The standard InChI is InChI=1S/C8H17N3/c9-5-2-1-3-7-11-8-4-6-10/h11H,1-4,6-8,10H2. The molecule has 64 valence electrons. The SMILES string of the molecule is N#CCCCCNCCCN. The normalized spacial score (nSPS) is 9.45. The predicted octanol–water partition coefficient (Wildman–Crippen LogP) is 0.619. The van der Waals surface area contributed by atoms with Crippen molar-refractivity contribution >= 4 is 0 Å². The van der Waals surface area contributed by atoms with Crippen molar-refractivity contribution in [1.82, 2.24) is 5.32 Å². The van der Waals surface area contributed by atoms with Crippen LogP contribution in [0.3, 0.4) is 0 Å². The first-order valence-corrected chi connectivity index (χ1v) is 4.19. The number of nitrogens with two attached hydrogens (primary N) is 1. The number of nitriles is 1. The second-order valence-corrected chi connectivity index (χ2v) is 2.51. The van der Waals surface area contributed by atoms with Crippen LogP contribution in [0, 0.1) is 11.3 Å². The van der Waals surface area contributed by atoms with Crippen LogP contribution < -0.4 is 11.1 Å². The van der Waals surface area contributed by atoms with Crippen molar-refractivity contribution in [2.75, 3.05) is 19.6 Å². The Morgan fingerprint density at radius 1 is 1.18 bits per heavy atom. The molecule has 0 unspecified atom stereocenters. The van der Waals surface area contributed by atoms with Gasteiger partial charge in [-0.2, -0.15) is 5.26 Å². The highest BCUT2D eigenvalue weighted by atomic mass is 14.8. The first-order valence-electron chi connectivity index (χ1n) is 4.19. The molecule has 0 aromatic heterocycles. The Labute approximate surface area is 68.6 Å². The van der Waals surface area contributed by atoms with E-state index in [0.29, 0.717) is 6.42 Å². The highest BCUT2D eigenvalue weighted by Gasteiger charge is 1.87. The Morgan fingerprint density at radius 3 is 2.55 bits per heavy atom. The molecule has 0 aromatic carbocycles. The van der Waals surface area contributed by atoms with Gasteiger partial charge in [0, 0.05) is 6.42 Å². The Kier molecular flexibility index (Phi) is 8.91. The highest BCUT2D eigenvalue weighted by Crippen LogP contribution is 1.90. The van der Waals surface area contributed by atoms with E-state index in [4.69, 9.17) is 11.0 Å². The number of unbranched alkanes of at least 4 members (excludes halogenated alkanes) is 2. The summed E-state index contributed by atoms with van der Waals surface area (Å²) in [6.45, 7) is 2.77. The molecule has 0 aromatic rings. The Bertz CT molecular complexity index is 106. The number of rotatable bonds is 7. The molecule has 0 radical (unpaired) electrons. The second-order valence-electron chi connectivity index (χ2n) is 2.51. The fraction of sp³-hybridized carbons (Fsp3) is 0.875. The lowest BCUT2D eigenvalue weighted by Gasteiger charge is -2.00. The van der Waals surface area contributed by atoms with E-state index >= 15 is 0 Å². The van der Waals surface area contributed by atoms with Gasteiger partial charge in [-0.05, 0) is 38.9 Å². The van der Waals surface area contributed by atoms with Crippen molar-refractivity contribution in [3.8, 4) is 6.07 Å². The predicted molar refractivity (Wildman–Crippen MR) is 46.0 cm³/mol. The molecule has 0 aliphatic heterocycles. The quantitative estimate of drug-likeness (QED) is 0.530. The minimum atomic E-state index is 0.679. The first-order chi connectivity index (χ1) is 5.41. The Balaban J connectivity index is 2.75. The molecule has 3 nitrogen and oxygen atoms in total. The molecule has 3 N–H and O–H groups in total. The van der Waals surface area contributed by atoms with Gasteiger partial charge in [0.2, 0.25) is 0 Å². The van der Waals surface area contributed by atoms with Gasteiger partial charge >= 0.3 is 0 Å². The number of hydrogen-bond donors (Lipinski definition) is 2. The molecule has 0 bridgehead atoms. The van der Waals surface area contributed by atoms with Crippen molar-refractivity contribution in [2.45, 2.75) is 25.7 Å². The zero-order valence-corrected chi connectivity index (χ0v) is 6.97. The number of hydrogen-bond acceptors (Lipinski definition) is 3. The lowest BCUT2D eigenvalue weighted by molar-refractivity contribution is 0.611. The van der Waals surface area contributed by atoms with Gasteiger partial charge in [-0.3, -0.25) is 0 Å². The molecule has 0 amide bonds. The summed E-state index contributed by atoms with van der Waals surface area (Å²) in [5.74, 6) is 0. The number of nitrogens with one attached hydrogen (secondary N) is 1. The summed E-state index contributed by atoms with van der Waals surface area (Å²) in [7, 11) is 0. The molecule has 0 fully saturated rings.